The van der Waals surface area contributed by atoms with E-state index in [0.29, 0.717) is 0 Å². The first kappa shape index (κ1) is 15.7. The predicted octanol–water partition coefficient (Wildman–Crippen LogP) is 2.27. The maximum atomic E-state index is 12.1. The van der Waals surface area contributed by atoms with Crippen LogP contribution in [0.5, 0.6) is 0 Å². The molecule has 0 fully saturated rings. The molecule has 0 saturated heterocycles. The molecule has 2 N–H and O–H groups in total. The average Bonchev–Trinajstić information content (AvgIpc) is 2.26. The fraction of sp³-hybridized carbons (Fsp3) is 0.455. The molecule has 0 aliphatic heterocycles. The number of benzene rings is 1. The lowest BCUT2D eigenvalue weighted by molar-refractivity contribution is 0.536. The van der Waals surface area contributed by atoms with E-state index < -0.39 is 10.0 Å². The Morgan fingerprint density at radius 3 is 2.33 bits per heavy atom. The van der Waals surface area contributed by atoms with Crippen LogP contribution in [0.4, 0.5) is 0 Å². The van der Waals surface area contributed by atoms with E-state index in [1.807, 2.05) is 13.8 Å². The van der Waals surface area contributed by atoms with E-state index in [4.69, 9.17) is 23.2 Å². The van der Waals surface area contributed by atoms with Crippen LogP contribution in [-0.2, 0) is 10.0 Å². The van der Waals surface area contributed by atoms with Gasteiger partial charge in [0.05, 0.1) is 10.0 Å². The highest BCUT2D eigenvalue weighted by Gasteiger charge is 2.21. The van der Waals surface area contributed by atoms with E-state index in [9.17, 15) is 8.42 Å². The van der Waals surface area contributed by atoms with Gasteiger partial charge in [0, 0.05) is 12.6 Å². The molecule has 1 atom stereocenters. The lowest BCUT2D eigenvalue weighted by Crippen LogP contribution is -2.38. The van der Waals surface area contributed by atoms with Gasteiger partial charge in [0.2, 0.25) is 10.0 Å². The van der Waals surface area contributed by atoms with Crippen LogP contribution in [0, 0.1) is 0 Å². The largest absolute Gasteiger partial charge is 0.313 e. The minimum atomic E-state index is -3.69. The zero-order valence-electron chi connectivity index (χ0n) is 10.2. The lowest BCUT2D eigenvalue weighted by atomic mass is 10.3. The molecule has 7 heteroatoms. The molecule has 4 nitrogen and oxygen atoms in total. The maximum Gasteiger partial charge on any atom is 0.243 e. The number of hydrogen-bond donors (Lipinski definition) is 2. The number of likely N-dealkylation sites (N-methyl/N-ethyl adjacent to an activating group) is 1. The summed E-state index contributed by atoms with van der Waals surface area (Å²) < 4.78 is 26.6. The maximum absolute atomic E-state index is 12.1. The number of sulfonamides is 1. The van der Waals surface area contributed by atoms with E-state index in [2.05, 4.69) is 10.0 Å². The van der Waals surface area contributed by atoms with Crippen LogP contribution < -0.4 is 10.0 Å². The quantitative estimate of drug-likeness (QED) is 0.847. The van der Waals surface area contributed by atoms with E-state index in [1.165, 1.54) is 12.1 Å². The Hall–Kier alpha value is -0.330. The Kier molecular flexibility index (Phi) is 5.88. The third-order valence-electron chi connectivity index (χ3n) is 2.32. The Balaban J connectivity index is 2.87. The molecule has 0 aromatic heterocycles. The lowest BCUT2D eigenvalue weighted by Gasteiger charge is -2.14. The van der Waals surface area contributed by atoms with Crippen molar-refractivity contribution >= 4 is 33.2 Å². The van der Waals surface area contributed by atoms with Gasteiger partial charge in [0.25, 0.3) is 0 Å². The molecule has 0 amide bonds. The molecule has 0 bridgehead atoms. The second-order valence-corrected chi connectivity index (χ2v) is 6.38. The van der Waals surface area contributed by atoms with Gasteiger partial charge in [0.1, 0.15) is 4.90 Å². The zero-order chi connectivity index (χ0) is 13.8. The van der Waals surface area contributed by atoms with Crippen molar-refractivity contribution in [3.63, 3.8) is 0 Å². The van der Waals surface area contributed by atoms with Gasteiger partial charge in [-0.05, 0) is 25.6 Å². The summed E-state index contributed by atoms with van der Waals surface area (Å²) >= 11 is 11.7. The highest BCUT2D eigenvalue weighted by Crippen LogP contribution is 2.28. The summed E-state index contributed by atoms with van der Waals surface area (Å²) in [5.74, 6) is 0. The van der Waals surface area contributed by atoms with Gasteiger partial charge in [-0.25, -0.2) is 13.1 Å². The van der Waals surface area contributed by atoms with Crippen molar-refractivity contribution in [2.75, 3.05) is 13.1 Å². The third-order valence-corrected chi connectivity index (χ3v) is 4.70. The van der Waals surface area contributed by atoms with E-state index in [-0.39, 0.29) is 27.5 Å². The minimum absolute atomic E-state index is 0.0334. The van der Waals surface area contributed by atoms with Gasteiger partial charge >= 0.3 is 0 Å². The van der Waals surface area contributed by atoms with Crippen molar-refractivity contribution in [1.29, 1.82) is 0 Å². The molecule has 102 valence electrons. The van der Waals surface area contributed by atoms with Crippen molar-refractivity contribution in [1.82, 2.24) is 10.0 Å². The van der Waals surface area contributed by atoms with Crippen LogP contribution in [0.2, 0.25) is 10.0 Å². The Morgan fingerprint density at radius 2 is 1.83 bits per heavy atom. The molecule has 1 aromatic carbocycles. The summed E-state index contributed by atoms with van der Waals surface area (Å²) in [4.78, 5) is -0.0722. The molecular weight excluding hydrogens is 295 g/mol. The monoisotopic (exact) mass is 310 g/mol. The normalized spacial score (nSPS) is 13.6. The van der Waals surface area contributed by atoms with Crippen LogP contribution in [0.15, 0.2) is 23.1 Å². The molecule has 0 saturated carbocycles. The highest BCUT2D eigenvalue weighted by molar-refractivity contribution is 7.89. The molecule has 0 aliphatic carbocycles. The number of nitrogens with one attached hydrogen (secondary N) is 2. The fourth-order valence-corrected chi connectivity index (χ4v) is 3.74. The number of halogens is 2. The highest BCUT2D eigenvalue weighted by atomic mass is 35.5. The third kappa shape index (κ3) is 4.10. The summed E-state index contributed by atoms with van der Waals surface area (Å²) in [6, 6.07) is 4.63. The molecule has 0 spiro atoms. The van der Waals surface area contributed by atoms with Crippen LogP contribution in [-0.4, -0.2) is 27.5 Å². The number of rotatable bonds is 6. The van der Waals surface area contributed by atoms with Crippen molar-refractivity contribution in [3.8, 4) is 0 Å². The zero-order valence-corrected chi connectivity index (χ0v) is 12.5. The van der Waals surface area contributed by atoms with Gasteiger partial charge in [-0.1, -0.05) is 36.2 Å². The van der Waals surface area contributed by atoms with E-state index in [1.54, 1.807) is 6.07 Å². The summed E-state index contributed by atoms with van der Waals surface area (Å²) in [7, 11) is -3.69. The van der Waals surface area contributed by atoms with E-state index >= 15 is 0 Å². The van der Waals surface area contributed by atoms with Crippen molar-refractivity contribution in [2.45, 2.75) is 24.8 Å². The first-order chi connectivity index (χ1) is 8.38. The van der Waals surface area contributed by atoms with Crippen molar-refractivity contribution < 1.29 is 8.42 Å². The smallest absolute Gasteiger partial charge is 0.243 e. The van der Waals surface area contributed by atoms with Gasteiger partial charge in [0.15, 0.2) is 0 Å². The Labute approximate surface area is 118 Å². The van der Waals surface area contributed by atoms with Gasteiger partial charge in [-0.2, -0.15) is 0 Å². The Bertz CT molecular complexity index is 486. The first-order valence-electron chi connectivity index (χ1n) is 5.55. The molecule has 1 rings (SSSR count). The SMILES string of the molecule is CCN[C@H](C)CNS(=O)(=O)c1c(Cl)cccc1Cl. The fourth-order valence-electron chi connectivity index (χ4n) is 1.47. The van der Waals surface area contributed by atoms with Crippen LogP contribution in [0.3, 0.4) is 0 Å². The molecular formula is C11H16Cl2N2O2S. The molecule has 0 unspecified atom stereocenters. The summed E-state index contributed by atoms with van der Waals surface area (Å²) in [5.41, 5.74) is 0. The molecule has 0 heterocycles. The summed E-state index contributed by atoms with van der Waals surface area (Å²) in [6.45, 7) is 4.89. The molecule has 18 heavy (non-hydrogen) atoms. The van der Waals surface area contributed by atoms with E-state index in [0.717, 1.165) is 6.54 Å². The first-order valence-corrected chi connectivity index (χ1v) is 7.79. The second kappa shape index (κ2) is 6.73. The van der Waals surface area contributed by atoms with Crippen molar-refractivity contribution in [2.24, 2.45) is 0 Å². The summed E-state index contributed by atoms with van der Waals surface area (Å²) in [6.07, 6.45) is 0. The van der Waals surface area contributed by atoms with Gasteiger partial charge < -0.3 is 5.32 Å². The molecule has 0 radical (unpaired) electrons. The molecule has 0 aliphatic rings. The van der Waals surface area contributed by atoms with Crippen LogP contribution in [0.25, 0.3) is 0 Å². The minimum Gasteiger partial charge on any atom is -0.313 e. The predicted molar refractivity (Wildman–Crippen MR) is 74.8 cm³/mol. The van der Waals surface area contributed by atoms with Gasteiger partial charge in [-0.15, -0.1) is 0 Å². The number of hydrogen-bond acceptors (Lipinski definition) is 3. The van der Waals surface area contributed by atoms with Gasteiger partial charge in [-0.3, -0.25) is 0 Å². The van der Waals surface area contributed by atoms with Crippen molar-refractivity contribution in [3.05, 3.63) is 28.2 Å². The summed E-state index contributed by atoms with van der Waals surface area (Å²) in [5, 5.41) is 3.34. The topological polar surface area (TPSA) is 58.2 Å². The van der Waals surface area contributed by atoms with Crippen LogP contribution in [0.1, 0.15) is 13.8 Å². The van der Waals surface area contributed by atoms with Crippen LogP contribution >= 0.6 is 23.2 Å². The Morgan fingerprint density at radius 1 is 1.28 bits per heavy atom. The second-order valence-electron chi connectivity index (χ2n) is 3.86. The molecule has 1 aromatic rings. The standard InChI is InChI=1S/C11H16Cl2N2O2S/c1-3-14-8(2)7-15-18(16,17)11-9(12)5-4-6-10(11)13/h4-6,8,14-15H,3,7H2,1-2H3/t8-/m1/s1. The average molecular weight is 311 g/mol.